The quantitative estimate of drug-likeness (QED) is 0.374. The fourth-order valence-electron chi connectivity index (χ4n) is 8.06. The molecular formula is C30H44N4O2S. The van der Waals surface area contributed by atoms with Crippen molar-refractivity contribution in [2.24, 2.45) is 23.2 Å². The van der Waals surface area contributed by atoms with Gasteiger partial charge in [-0.15, -0.1) is 11.3 Å². The van der Waals surface area contributed by atoms with E-state index in [1.54, 1.807) is 11.3 Å². The van der Waals surface area contributed by atoms with Crippen LogP contribution in [0.2, 0.25) is 0 Å². The van der Waals surface area contributed by atoms with Crippen molar-refractivity contribution in [3.05, 3.63) is 40.4 Å². The van der Waals surface area contributed by atoms with Crippen LogP contribution in [-0.4, -0.2) is 54.1 Å². The standard InChI is InChI=1S/C30H44N4O2S/c1-19-18-32-29(37-19)33-27(36)11-7-21-17-26(31-14-5-15-34(3)4)30(2)13-12-24-23-10-8-22(35)16-20(23)6-9-25(24)28(21)30/h8,10,16,18,21,24-26,28,31,35H,5-7,9,11-15,17H2,1-4H3,(H,32,33,36)/t21?,24?,25?,26?,28?,30-/m1/s1. The molecule has 1 aromatic carbocycles. The highest BCUT2D eigenvalue weighted by atomic mass is 32.1. The van der Waals surface area contributed by atoms with E-state index in [0.29, 0.717) is 47.0 Å². The van der Waals surface area contributed by atoms with E-state index >= 15 is 0 Å². The number of carbonyl (C=O) groups excluding carboxylic acids is 1. The SMILES string of the molecule is Cc1cnc(NC(=O)CCC2CC(NCCCN(C)C)[C@@]3(C)CCC4c5ccc(O)cc5CCC4C23)s1. The zero-order valence-electron chi connectivity index (χ0n) is 22.9. The molecule has 2 aromatic rings. The van der Waals surface area contributed by atoms with Crippen LogP contribution in [0, 0.1) is 30.1 Å². The number of carbonyl (C=O) groups is 1. The van der Waals surface area contributed by atoms with Crippen LogP contribution in [0.5, 0.6) is 5.75 Å². The minimum Gasteiger partial charge on any atom is -0.508 e. The van der Waals surface area contributed by atoms with E-state index in [9.17, 15) is 9.90 Å². The monoisotopic (exact) mass is 524 g/mol. The number of aromatic hydroxyl groups is 1. The van der Waals surface area contributed by atoms with Crippen LogP contribution >= 0.6 is 11.3 Å². The van der Waals surface area contributed by atoms with E-state index in [1.807, 2.05) is 25.3 Å². The Balaban J connectivity index is 1.33. The first-order chi connectivity index (χ1) is 17.7. The topological polar surface area (TPSA) is 77.5 Å². The predicted octanol–water partition coefficient (Wildman–Crippen LogP) is 5.57. The highest BCUT2D eigenvalue weighted by Crippen LogP contribution is 2.63. The molecule has 0 bridgehead atoms. The molecule has 2 saturated carbocycles. The van der Waals surface area contributed by atoms with Gasteiger partial charge in [-0.2, -0.15) is 0 Å². The number of anilines is 1. The van der Waals surface area contributed by atoms with Crippen LogP contribution in [0.4, 0.5) is 5.13 Å². The normalized spacial score (nSPS) is 30.6. The first-order valence-electron chi connectivity index (χ1n) is 14.2. The van der Waals surface area contributed by atoms with Gasteiger partial charge in [-0.05, 0) is 131 Å². The van der Waals surface area contributed by atoms with Crippen molar-refractivity contribution < 1.29 is 9.90 Å². The molecule has 37 heavy (non-hydrogen) atoms. The number of aromatic nitrogens is 1. The van der Waals surface area contributed by atoms with Crippen LogP contribution in [0.25, 0.3) is 0 Å². The van der Waals surface area contributed by atoms with E-state index in [2.05, 4.69) is 47.6 Å². The Hall–Kier alpha value is -1.96. The minimum atomic E-state index is 0.0928. The maximum atomic E-state index is 12.9. The molecule has 5 rings (SSSR count). The van der Waals surface area contributed by atoms with Gasteiger partial charge in [0.25, 0.3) is 0 Å². The molecule has 3 aliphatic rings. The number of thiazole rings is 1. The number of hydrogen-bond donors (Lipinski definition) is 3. The highest BCUT2D eigenvalue weighted by Gasteiger charge is 2.58. The molecule has 7 heteroatoms. The number of nitrogens with zero attached hydrogens (tertiary/aromatic N) is 2. The fraction of sp³-hybridized carbons (Fsp3) is 0.667. The van der Waals surface area contributed by atoms with Gasteiger partial charge in [0.1, 0.15) is 5.75 Å². The molecule has 1 aromatic heterocycles. The Kier molecular flexibility index (Phi) is 7.94. The van der Waals surface area contributed by atoms with Crippen molar-refractivity contribution >= 4 is 22.4 Å². The number of rotatable bonds is 9. The van der Waals surface area contributed by atoms with Crippen LogP contribution in [0.15, 0.2) is 24.4 Å². The van der Waals surface area contributed by atoms with Gasteiger partial charge < -0.3 is 20.6 Å². The Bertz CT molecular complexity index is 1100. The molecule has 0 saturated heterocycles. The number of benzene rings is 1. The summed E-state index contributed by atoms with van der Waals surface area (Å²) in [6, 6.07) is 6.57. The fourth-order valence-corrected chi connectivity index (χ4v) is 8.74. The summed E-state index contributed by atoms with van der Waals surface area (Å²) in [5.41, 5.74) is 3.08. The van der Waals surface area contributed by atoms with Crippen LogP contribution < -0.4 is 10.6 Å². The van der Waals surface area contributed by atoms with E-state index in [-0.39, 0.29) is 11.3 Å². The number of fused-ring (bicyclic) bond motifs is 5. The second-order valence-corrected chi connectivity index (χ2v) is 13.5. The second kappa shape index (κ2) is 11.0. The summed E-state index contributed by atoms with van der Waals surface area (Å²) >= 11 is 1.54. The van der Waals surface area contributed by atoms with Gasteiger partial charge in [-0.3, -0.25) is 4.79 Å². The lowest BCUT2D eigenvalue weighted by Gasteiger charge is -2.52. The summed E-state index contributed by atoms with van der Waals surface area (Å²) in [5.74, 6) is 2.87. The van der Waals surface area contributed by atoms with Crippen LogP contribution in [-0.2, 0) is 11.2 Å². The molecule has 0 aliphatic heterocycles. The molecule has 3 N–H and O–H groups in total. The zero-order chi connectivity index (χ0) is 26.2. The third-order valence-corrected chi connectivity index (χ3v) is 10.5. The molecule has 202 valence electrons. The number of amides is 1. The molecular weight excluding hydrogens is 480 g/mol. The van der Waals surface area contributed by atoms with Gasteiger partial charge in [0.15, 0.2) is 5.13 Å². The Morgan fingerprint density at radius 1 is 1.30 bits per heavy atom. The smallest absolute Gasteiger partial charge is 0.226 e. The molecule has 6 nitrogen and oxygen atoms in total. The Labute approximate surface area is 226 Å². The van der Waals surface area contributed by atoms with E-state index < -0.39 is 0 Å². The number of aryl methyl sites for hydroxylation is 2. The summed E-state index contributed by atoms with van der Waals surface area (Å²) in [7, 11) is 4.28. The molecule has 3 aliphatic carbocycles. The molecule has 5 unspecified atom stereocenters. The zero-order valence-corrected chi connectivity index (χ0v) is 23.7. The summed E-state index contributed by atoms with van der Waals surface area (Å²) in [6.45, 7) is 6.72. The third-order valence-electron chi connectivity index (χ3n) is 9.63. The Morgan fingerprint density at radius 3 is 2.89 bits per heavy atom. The average molecular weight is 525 g/mol. The average Bonchev–Trinajstić information content (AvgIpc) is 3.39. The molecule has 2 fully saturated rings. The van der Waals surface area contributed by atoms with Gasteiger partial charge in [0.2, 0.25) is 5.91 Å². The van der Waals surface area contributed by atoms with E-state index in [1.165, 1.54) is 36.8 Å². The summed E-state index contributed by atoms with van der Waals surface area (Å²) < 4.78 is 0. The van der Waals surface area contributed by atoms with Crippen molar-refractivity contribution in [2.75, 3.05) is 32.5 Å². The van der Waals surface area contributed by atoms with E-state index in [4.69, 9.17) is 0 Å². The van der Waals surface area contributed by atoms with Crippen molar-refractivity contribution in [3.8, 4) is 5.75 Å². The number of hydrogen-bond acceptors (Lipinski definition) is 6. The van der Waals surface area contributed by atoms with Gasteiger partial charge in [-0.25, -0.2) is 4.98 Å². The predicted molar refractivity (Wildman–Crippen MR) is 151 cm³/mol. The maximum Gasteiger partial charge on any atom is 0.226 e. The maximum absolute atomic E-state index is 12.9. The lowest BCUT2D eigenvalue weighted by Crippen LogP contribution is -2.49. The Morgan fingerprint density at radius 2 is 2.14 bits per heavy atom. The molecule has 1 amide bonds. The molecule has 1 heterocycles. The summed E-state index contributed by atoms with van der Waals surface area (Å²) in [5, 5.41) is 17.8. The first kappa shape index (κ1) is 26.6. The summed E-state index contributed by atoms with van der Waals surface area (Å²) in [6.07, 6.45) is 10.3. The van der Waals surface area contributed by atoms with Crippen molar-refractivity contribution in [2.45, 2.75) is 77.2 Å². The minimum absolute atomic E-state index is 0.0928. The van der Waals surface area contributed by atoms with Crippen LogP contribution in [0.3, 0.4) is 0 Å². The van der Waals surface area contributed by atoms with Crippen molar-refractivity contribution in [1.82, 2.24) is 15.2 Å². The number of nitrogens with one attached hydrogen (secondary N) is 2. The number of phenolic OH excluding ortho intramolecular Hbond substituents is 1. The van der Waals surface area contributed by atoms with Gasteiger partial charge >= 0.3 is 0 Å². The van der Waals surface area contributed by atoms with Gasteiger partial charge in [0, 0.05) is 23.5 Å². The van der Waals surface area contributed by atoms with Crippen molar-refractivity contribution in [3.63, 3.8) is 0 Å². The third kappa shape index (κ3) is 5.59. The van der Waals surface area contributed by atoms with Gasteiger partial charge in [0.05, 0.1) is 0 Å². The lowest BCUT2D eigenvalue weighted by atomic mass is 9.53. The van der Waals surface area contributed by atoms with Gasteiger partial charge in [-0.1, -0.05) is 13.0 Å². The second-order valence-electron chi connectivity index (χ2n) is 12.3. The largest absolute Gasteiger partial charge is 0.508 e. The molecule has 6 atom stereocenters. The first-order valence-corrected chi connectivity index (χ1v) is 15.0. The van der Waals surface area contributed by atoms with Crippen molar-refractivity contribution in [1.29, 1.82) is 0 Å². The van der Waals surface area contributed by atoms with Crippen LogP contribution in [0.1, 0.15) is 73.8 Å². The molecule has 0 spiro atoms. The van der Waals surface area contributed by atoms with E-state index in [0.717, 1.165) is 37.2 Å². The highest BCUT2D eigenvalue weighted by molar-refractivity contribution is 7.15. The molecule has 0 radical (unpaired) electrons. The lowest BCUT2D eigenvalue weighted by molar-refractivity contribution is -0.116. The number of phenols is 1. The summed E-state index contributed by atoms with van der Waals surface area (Å²) in [4.78, 5) is 20.6.